The first-order valence-corrected chi connectivity index (χ1v) is 7.70. The van der Waals surface area contributed by atoms with Crippen molar-refractivity contribution >= 4 is 12.0 Å². The van der Waals surface area contributed by atoms with Crippen LogP contribution in [-0.2, 0) is 4.79 Å². The summed E-state index contributed by atoms with van der Waals surface area (Å²) in [5.74, 6) is 0.880. The second-order valence-electron chi connectivity index (χ2n) is 5.79. The molecule has 0 unspecified atom stereocenters. The minimum absolute atomic E-state index is 0.131. The maximum atomic E-state index is 12.3. The Labute approximate surface area is 131 Å². The van der Waals surface area contributed by atoms with Gasteiger partial charge in [0.15, 0.2) is 0 Å². The van der Waals surface area contributed by atoms with E-state index in [0.29, 0.717) is 11.7 Å². The average Bonchev–Trinajstić information content (AvgIpc) is 2.54. The Morgan fingerprint density at radius 3 is 2.86 bits per heavy atom. The molecule has 2 atom stereocenters. The molecule has 0 bridgehead atoms. The molecule has 2 rings (SSSR count). The van der Waals surface area contributed by atoms with Crippen LogP contribution in [0.5, 0.6) is 5.75 Å². The number of hydrogen-bond donors (Lipinski definition) is 1. The molecule has 1 N–H and O–H groups in total. The third-order valence-electron chi connectivity index (χ3n) is 4.20. The van der Waals surface area contributed by atoms with E-state index < -0.39 is 0 Å². The van der Waals surface area contributed by atoms with Crippen LogP contribution < -0.4 is 10.1 Å². The fourth-order valence-electron chi connectivity index (χ4n) is 2.82. The predicted octanol–water partition coefficient (Wildman–Crippen LogP) is 3.30. The van der Waals surface area contributed by atoms with Gasteiger partial charge in [-0.3, -0.25) is 4.79 Å². The number of nitrogens with one attached hydrogen (secondary N) is 1. The van der Waals surface area contributed by atoms with E-state index in [4.69, 9.17) is 4.74 Å². The van der Waals surface area contributed by atoms with Crippen LogP contribution in [0.25, 0.3) is 6.08 Å². The summed E-state index contributed by atoms with van der Waals surface area (Å²) in [5.41, 5.74) is 0.911. The smallest absolute Gasteiger partial charge is 0.262 e. The van der Waals surface area contributed by atoms with Gasteiger partial charge in [-0.05, 0) is 42.5 Å². The number of methoxy groups -OCH3 is 1. The second-order valence-corrected chi connectivity index (χ2v) is 5.79. The zero-order valence-corrected chi connectivity index (χ0v) is 13.1. The SMILES string of the molecule is COc1cccc(/C=C(/C#N)C(=O)N[C@H]2CCCC[C@@H]2C)c1. The van der Waals surface area contributed by atoms with E-state index >= 15 is 0 Å². The van der Waals surface area contributed by atoms with Crippen molar-refractivity contribution in [2.24, 2.45) is 5.92 Å². The molecular formula is C18H22N2O2. The number of carbonyl (C=O) groups excluding carboxylic acids is 1. The molecule has 4 nitrogen and oxygen atoms in total. The van der Waals surface area contributed by atoms with Crippen molar-refractivity contribution in [2.45, 2.75) is 38.6 Å². The van der Waals surface area contributed by atoms with Gasteiger partial charge >= 0.3 is 0 Å². The molecular weight excluding hydrogens is 276 g/mol. The topological polar surface area (TPSA) is 62.1 Å². The van der Waals surface area contributed by atoms with E-state index in [-0.39, 0.29) is 17.5 Å². The molecule has 1 aromatic carbocycles. The monoisotopic (exact) mass is 298 g/mol. The van der Waals surface area contributed by atoms with Gasteiger partial charge in [-0.15, -0.1) is 0 Å². The molecule has 1 aromatic rings. The third-order valence-corrected chi connectivity index (χ3v) is 4.20. The number of rotatable bonds is 4. The summed E-state index contributed by atoms with van der Waals surface area (Å²) >= 11 is 0. The average molecular weight is 298 g/mol. The molecule has 1 saturated carbocycles. The Balaban J connectivity index is 2.11. The predicted molar refractivity (Wildman–Crippen MR) is 86.1 cm³/mol. The molecule has 4 heteroatoms. The van der Waals surface area contributed by atoms with E-state index in [0.717, 1.165) is 24.8 Å². The van der Waals surface area contributed by atoms with E-state index in [1.54, 1.807) is 19.3 Å². The van der Waals surface area contributed by atoms with Gasteiger partial charge in [0, 0.05) is 6.04 Å². The highest BCUT2D eigenvalue weighted by molar-refractivity contribution is 6.01. The Kier molecular flexibility index (Phi) is 5.60. The lowest BCUT2D eigenvalue weighted by molar-refractivity contribution is -0.118. The minimum Gasteiger partial charge on any atom is -0.497 e. The summed E-state index contributed by atoms with van der Waals surface area (Å²) < 4.78 is 5.15. The van der Waals surface area contributed by atoms with Gasteiger partial charge in [-0.2, -0.15) is 5.26 Å². The van der Waals surface area contributed by atoms with Crippen LogP contribution in [-0.4, -0.2) is 19.1 Å². The summed E-state index contributed by atoms with van der Waals surface area (Å²) in [5, 5.41) is 12.3. The Bertz CT molecular complexity index is 601. The first kappa shape index (κ1) is 16.1. The van der Waals surface area contributed by atoms with Crippen molar-refractivity contribution in [3.8, 4) is 11.8 Å². The van der Waals surface area contributed by atoms with Crippen LogP contribution in [0.4, 0.5) is 0 Å². The minimum atomic E-state index is -0.288. The molecule has 1 fully saturated rings. The normalized spacial score (nSPS) is 21.8. The molecule has 22 heavy (non-hydrogen) atoms. The van der Waals surface area contributed by atoms with Crippen molar-refractivity contribution in [1.29, 1.82) is 5.26 Å². The number of carbonyl (C=O) groups is 1. The van der Waals surface area contributed by atoms with Crippen molar-refractivity contribution < 1.29 is 9.53 Å². The van der Waals surface area contributed by atoms with Crippen LogP contribution in [0, 0.1) is 17.2 Å². The van der Waals surface area contributed by atoms with E-state index in [9.17, 15) is 10.1 Å². The van der Waals surface area contributed by atoms with Gasteiger partial charge in [-0.25, -0.2) is 0 Å². The standard InChI is InChI=1S/C18H22N2O2/c1-13-6-3-4-9-17(13)20-18(21)15(12-19)10-14-7-5-8-16(11-14)22-2/h5,7-8,10-11,13,17H,3-4,6,9H2,1-2H3,(H,20,21)/b15-10-/t13-,17-/m0/s1. The maximum absolute atomic E-state index is 12.3. The summed E-state index contributed by atoms with van der Waals surface area (Å²) in [6, 6.07) is 9.47. The first-order valence-electron chi connectivity index (χ1n) is 7.70. The largest absolute Gasteiger partial charge is 0.497 e. The summed E-state index contributed by atoms with van der Waals surface area (Å²) in [6.07, 6.45) is 6.08. The molecule has 116 valence electrons. The molecule has 0 heterocycles. The van der Waals surface area contributed by atoms with Crippen molar-refractivity contribution in [1.82, 2.24) is 5.32 Å². The molecule has 1 aliphatic carbocycles. The summed E-state index contributed by atoms with van der Waals surface area (Å²) in [7, 11) is 1.59. The third kappa shape index (κ3) is 4.11. The highest BCUT2D eigenvalue weighted by atomic mass is 16.5. The van der Waals surface area contributed by atoms with Crippen molar-refractivity contribution in [3.63, 3.8) is 0 Å². The van der Waals surface area contributed by atoms with E-state index in [2.05, 4.69) is 12.2 Å². The zero-order chi connectivity index (χ0) is 15.9. The van der Waals surface area contributed by atoms with Crippen LogP contribution in [0.15, 0.2) is 29.8 Å². The van der Waals surface area contributed by atoms with Gasteiger partial charge in [0.05, 0.1) is 7.11 Å². The Morgan fingerprint density at radius 2 is 2.18 bits per heavy atom. The Morgan fingerprint density at radius 1 is 1.41 bits per heavy atom. The molecule has 0 radical (unpaired) electrons. The van der Waals surface area contributed by atoms with Crippen molar-refractivity contribution in [2.75, 3.05) is 7.11 Å². The number of nitrogens with zero attached hydrogens (tertiary/aromatic N) is 1. The number of hydrogen-bond acceptors (Lipinski definition) is 3. The molecule has 1 aliphatic rings. The fraction of sp³-hybridized carbons (Fsp3) is 0.444. The van der Waals surface area contributed by atoms with Gasteiger partial charge in [-0.1, -0.05) is 31.9 Å². The first-order chi connectivity index (χ1) is 10.6. The summed E-state index contributed by atoms with van der Waals surface area (Å²) in [4.78, 5) is 12.3. The van der Waals surface area contributed by atoms with Gasteiger partial charge in [0.2, 0.25) is 0 Å². The number of benzene rings is 1. The highest BCUT2D eigenvalue weighted by Crippen LogP contribution is 2.24. The molecule has 0 aliphatic heterocycles. The second kappa shape index (κ2) is 7.65. The zero-order valence-electron chi connectivity index (χ0n) is 13.1. The molecule has 0 aromatic heterocycles. The van der Waals surface area contributed by atoms with Gasteiger partial charge in [0.1, 0.15) is 17.4 Å². The Hall–Kier alpha value is -2.28. The van der Waals surface area contributed by atoms with E-state index in [1.165, 1.54) is 6.42 Å². The lowest BCUT2D eigenvalue weighted by Crippen LogP contribution is -2.41. The highest BCUT2D eigenvalue weighted by Gasteiger charge is 2.23. The van der Waals surface area contributed by atoms with Crippen LogP contribution in [0.3, 0.4) is 0 Å². The molecule has 0 saturated heterocycles. The number of amides is 1. The fourth-order valence-corrected chi connectivity index (χ4v) is 2.82. The summed E-state index contributed by atoms with van der Waals surface area (Å²) in [6.45, 7) is 2.15. The molecule has 0 spiro atoms. The quantitative estimate of drug-likeness (QED) is 0.685. The van der Waals surface area contributed by atoms with Crippen LogP contribution in [0.1, 0.15) is 38.2 Å². The number of ether oxygens (including phenoxy) is 1. The van der Waals surface area contributed by atoms with Gasteiger partial charge < -0.3 is 10.1 Å². The maximum Gasteiger partial charge on any atom is 0.262 e. The number of nitriles is 1. The van der Waals surface area contributed by atoms with Crippen molar-refractivity contribution in [3.05, 3.63) is 35.4 Å². The van der Waals surface area contributed by atoms with Crippen LogP contribution >= 0.6 is 0 Å². The van der Waals surface area contributed by atoms with Gasteiger partial charge in [0.25, 0.3) is 5.91 Å². The van der Waals surface area contributed by atoms with Crippen LogP contribution in [0.2, 0.25) is 0 Å². The van der Waals surface area contributed by atoms with E-state index in [1.807, 2.05) is 24.3 Å². The lowest BCUT2D eigenvalue weighted by Gasteiger charge is -2.29. The molecule has 1 amide bonds. The lowest BCUT2D eigenvalue weighted by atomic mass is 9.86.